The van der Waals surface area contributed by atoms with E-state index in [4.69, 9.17) is 16.5 Å². The van der Waals surface area contributed by atoms with Crippen LogP contribution < -0.4 is 22.3 Å². The van der Waals surface area contributed by atoms with Crippen molar-refractivity contribution in [3.05, 3.63) is 112 Å². The molecule has 0 aliphatic rings. The molecular weight excluding hydrogens is 548 g/mol. The van der Waals surface area contributed by atoms with E-state index < -0.39 is 17.9 Å². The van der Waals surface area contributed by atoms with Crippen LogP contribution in [0, 0.1) is 11.8 Å². The molecule has 13 nitrogen and oxygen atoms in total. The Hall–Kier alpha value is -6.29. The zero-order valence-electron chi connectivity index (χ0n) is 22.8. The van der Waals surface area contributed by atoms with Gasteiger partial charge in [-0.3, -0.25) is 23.6 Å². The molecule has 0 bridgehead atoms. The zero-order chi connectivity index (χ0) is 30.1. The predicted octanol–water partition coefficient (Wildman–Crippen LogP) is 1.58. The standard InChI is InChI=1S/C30H24N10O3/c1-18(35-29(42)25-26(32)37-39-14-6-13-33-28(25)39)27-36-22-10-5-7-20(12-11-19-15-34-38(16-19)17-23(31)41)24(22)30(43)40(27)21-8-3-2-4-9-21/h2-10,13-16,18H,17H2,1H3,(H2,31,41)(H2,32,37)(H,35,42)/t18-/m0/s1. The molecule has 212 valence electrons. The van der Waals surface area contributed by atoms with Crippen LogP contribution in [0.3, 0.4) is 0 Å². The van der Waals surface area contributed by atoms with Crippen LogP contribution in [0.1, 0.15) is 40.3 Å². The van der Waals surface area contributed by atoms with Crippen LogP contribution >= 0.6 is 0 Å². The third kappa shape index (κ3) is 5.16. The van der Waals surface area contributed by atoms with Gasteiger partial charge in [0.2, 0.25) is 5.91 Å². The van der Waals surface area contributed by atoms with Crippen molar-refractivity contribution in [1.82, 2.24) is 39.2 Å². The molecule has 43 heavy (non-hydrogen) atoms. The van der Waals surface area contributed by atoms with E-state index in [1.54, 1.807) is 74.0 Å². The van der Waals surface area contributed by atoms with Gasteiger partial charge >= 0.3 is 0 Å². The number of aromatic nitrogens is 7. The molecule has 0 aliphatic carbocycles. The fourth-order valence-electron chi connectivity index (χ4n) is 4.74. The second-order valence-electron chi connectivity index (χ2n) is 9.63. The minimum atomic E-state index is -0.728. The van der Waals surface area contributed by atoms with E-state index in [9.17, 15) is 14.4 Å². The summed E-state index contributed by atoms with van der Waals surface area (Å²) in [6.07, 6.45) is 6.29. The Balaban J connectivity index is 1.44. The van der Waals surface area contributed by atoms with Crippen molar-refractivity contribution >= 4 is 34.2 Å². The van der Waals surface area contributed by atoms with E-state index in [1.165, 1.54) is 20.0 Å². The van der Waals surface area contributed by atoms with E-state index in [1.807, 2.05) is 6.07 Å². The maximum Gasteiger partial charge on any atom is 0.267 e. The molecule has 4 heterocycles. The molecule has 6 aromatic rings. The highest BCUT2D eigenvalue weighted by Crippen LogP contribution is 2.22. The van der Waals surface area contributed by atoms with Gasteiger partial charge in [-0.05, 0) is 37.3 Å². The first-order valence-electron chi connectivity index (χ1n) is 13.1. The van der Waals surface area contributed by atoms with E-state index >= 15 is 0 Å². The molecule has 0 radical (unpaired) electrons. The number of fused-ring (bicyclic) bond motifs is 2. The molecule has 0 unspecified atom stereocenters. The normalized spacial score (nSPS) is 11.7. The molecule has 0 fully saturated rings. The molecule has 5 N–H and O–H groups in total. The van der Waals surface area contributed by atoms with E-state index in [0.717, 1.165) is 0 Å². The van der Waals surface area contributed by atoms with Crippen LogP contribution in [0.5, 0.6) is 0 Å². The van der Waals surface area contributed by atoms with Gasteiger partial charge in [-0.25, -0.2) is 14.5 Å². The SMILES string of the molecule is C[C@H](NC(=O)c1c(N)nn2cccnc12)c1nc2cccc(C#Cc3cnn(CC(N)=O)c3)c2c(=O)n1-c1ccccc1. The molecule has 6 rings (SSSR count). The number of hydrogen-bond acceptors (Lipinski definition) is 8. The highest BCUT2D eigenvalue weighted by atomic mass is 16.2. The third-order valence-corrected chi connectivity index (χ3v) is 6.61. The number of benzene rings is 2. The van der Waals surface area contributed by atoms with Crippen molar-refractivity contribution < 1.29 is 9.59 Å². The van der Waals surface area contributed by atoms with Crippen LogP contribution in [0.4, 0.5) is 5.82 Å². The summed E-state index contributed by atoms with van der Waals surface area (Å²) in [5.41, 5.74) is 13.3. The van der Waals surface area contributed by atoms with Crippen molar-refractivity contribution in [3.8, 4) is 17.5 Å². The number of hydrogen-bond donors (Lipinski definition) is 3. The largest absolute Gasteiger partial charge is 0.381 e. The van der Waals surface area contributed by atoms with Crippen LogP contribution in [0.2, 0.25) is 0 Å². The number of nitrogens with zero attached hydrogens (tertiary/aromatic N) is 7. The Morgan fingerprint density at radius 3 is 2.67 bits per heavy atom. The van der Waals surface area contributed by atoms with Crippen LogP contribution in [0.15, 0.2) is 84.2 Å². The average Bonchev–Trinajstić information content (AvgIpc) is 3.58. The fraction of sp³-hybridized carbons (Fsp3) is 0.100. The lowest BCUT2D eigenvalue weighted by Crippen LogP contribution is -2.33. The summed E-state index contributed by atoms with van der Waals surface area (Å²) in [6.45, 7) is 1.66. The number of amides is 2. The molecular formula is C30H24N10O3. The Labute approximate surface area is 243 Å². The number of rotatable bonds is 6. The van der Waals surface area contributed by atoms with E-state index in [2.05, 4.69) is 32.3 Å². The van der Waals surface area contributed by atoms with Gasteiger partial charge in [0.15, 0.2) is 11.5 Å². The maximum atomic E-state index is 14.2. The second-order valence-corrected chi connectivity index (χ2v) is 9.63. The first-order chi connectivity index (χ1) is 20.8. The van der Waals surface area contributed by atoms with Gasteiger partial charge in [0, 0.05) is 24.2 Å². The lowest BCUT2D eigenvalue weighted by atomic mass is 10.1. The number of para-hydroxylation sites is 1. The number of primary amides is 1. The topological polar surface area (TPSA) is 181 Å². The Morgan fingerprint density at radius 1 is 1.07 bits per heavy atom. The van der Waals surface area contributed by atoms with Crippen molar-refractivity contribution in [2.45, 2.75) is 19.5 Å². The van der Waals surface area contributed by atoms with Gasteiger partial charge in [-0.1, -0.05) is 36.1 Å². The summed E-state index contributed by atoms with van der Waals surface area (Å²) in [6, 6.07) is 15.2. The zero-order valence-corrected chi connectivity index (χ0v) is 22.8. The van der Waals surface area contributed by atoms with Gasteiger partial charge in [0.25, 0.3) is 11.5 Å². The lowest BCUT2D eigenvalue weighted by Gasteiger charge is -2.20. The Bertz CT molecular complexity index is 2150. The van der Waals surface area contributed by atoms with Gasteiger partial charge in [-0.15, -0.1) is 5.10 Å². The van der Waals surface area contributed by atoms with Gasteiger partial charge in [0.05, 0.1) is 34.4 Å². The average molecular weight is 573 g/mol. The molecule has 2 aromatic carbocycles. The smallest absolute Gasteiger partial charge is 0.267 e. The first kappa shape index (κ1) is 26.9. The summed E-state index contributed by atoms with van der Waals surface area (Å²) in [5, 5.41) is 11.5. The summed E-state index contributed by atoms with van der Waals surface area (Å²) in [5.74, 6) is 5.32. The molecule has 0 saturated heterocycles. The molecule has 0 spiro atoms. The predicted molar refractivity (Wildman–Crippen MR) is 158 cm³/mol. The van der Waals surface area contributed by atoms with Crippen molar-refractivity contribution in [1.29, 1.82) is 0 Å². The lowest BCUT2D eigenvalue weighted by molar-refractivity contribution is -0.118. The second kappa shape index (κ2) is 10.9. The van der Waals surface area contributed by atoms with E-state index in [0.29, 0.717) is 39.2 Å². The highest BCUT2D eigenvalue weighted by Gasteiger charge is 2.24. The number of carbonyl (C=O) groups excluding carboxylic acids is 2. The van der Waals surface area contributed by atoms with Crippen molar-refractivity contribution in [2.24, 2.45) is 5.73 Å². The fourth-order valence-corrected chi connectivity index (χ4v) is 4.74. The molecule has 1 atom stereocenters. The summed E-state index contributed by atoms with van der Waals surface area (Å²) < 4.78 is 4.27. The molecule has 13 heteroatoms. The molecule has 0 aliphatic heterocycles. The summed E-state index contributed by atoms with van der Waals surface area (Å²) >= 11 is 0. The van der Waals surface area contributed by atoms with Crippen LogP contribution in [-0.4, -0.2) is 45.7 Å². The number of carbonyl (C=O) groups is 2. The van der Waals surface area contributed by atoms with Gasteiger partial charge in [-0.2, -0.15) is 5.10 Å². The van der Waals surface area contributed by atoms with Crippen molar-refractivity contribution in [2.75, 3.05) is 5.73 Å². The number of nitrogens with two attached hydrogens (primary N) is 2. The van der Waals surface area contributed by atoms with Crippen LogP contribution in [0.25, 0.3) is 22.2 Å². The maximum absolute atomic E-state index is 14.2. The Morgan fingerprint density at radius 2 is 1.88 bits per heavy atom. The minimum absolute atomic E-state index is 0.0266. The highest BCUT2D eigenvalue weighted by molar-refractivity contribution is 6.04. The molecule has 2 amide bonds. The third-order valence-electron chi connectivity index (χ3n) is 6.61. The summed E-state index contributed by atoms with van der Waals surface area (Å²) in [4.78, 5) is 47.9. The number of nitrogens with one attached hydrogen (secondary N) is 1. The summed E-state index contributed by atoms with van der Waals surface area (Å²) in [7, 11) is 0. The Kier molecular flexibility index (Phi) is 6.85. The first-order valence-corrected chi connectivity index (χ1v) is 13.1. The van der Waals surface area contributed by atoms with E-state index in [-0.39, 0.29) is 23.5 Å². The molecule has 4 aromatic heterocycles. The van der Waals surface area contributed by atoms with Gasteiger partial charge < -0.3 is 16.8 Å². The number of nitrogen functional groups attached to an aromatic ring is 1. The molecule has 0 saturated carbocycles. The van der Waals surface area contributed by atoms with Crippen LogP contribution in [-0.2, 0) is 11.3 Å². The van der Waals surface area contributed by atoms with Gasteiger partial charge in [0.1, 0.15) is 17.9 Å². The minimum Gasteiger partial charge on any atom is -0.381 e. The van der Waals surface area contributed by atoms with Crippen molar-refractivity contribution in [3.63, 3.8) is 0 Å². The quantitative estimate of drug-likeness (QED) is 0.252. The monoisotopic (exact) mass is 572 g/mol. The number of anilines is 1.